The van der Waals surface area contributed by atoms with E-state index in [1.54, 1.807) is 7.11 Å². The van der Waals surface area contributed by atoms with Crippen LogP contribution in [0.1, 0.15) is 18.5 Å². The summed E-state index contributed by atoms with van der Waals surface area (Å²) in [4.78, 5) is 4.85. The normalized spacial score (nSPS) is 23.3. The first-order valence-electron chi connectivity index (χ1n) is 6.92. The fraction of sp³-hybridized carbons (Fsp3) is 0.600. The summed E-state index contributed by atoms with van der Waals surface area (Å²) in [6.45, 7) is 6.48. The zero-order valence-electron chi connectivity index (χ0n) is 12.2. The van der Waals surface area contributed by atoms with Crippen LogP contribution in [-0.4, -0.2) is 56.2 Å². The third kappa shape index (κ3) is 3.69. The summed E-state index contributed by atoms with van der Waals surface area (Å²) < 4.78 is 5.25. The number of rotatable bonds is 4. The molecule has 1 aromatic rings. The number of hydrogen-bond acceptors (Lipinski definition) is 4. The maximum atomic E-state index is 6.32. The van der Waals surface area contributed by atoms with Crippen molar-refractivity contribution >= 4 is 0 Å². The van der Waals surface area contributed by atoms with Crippen molar-refractivity contribution in [1.29, 1.82) is 0 Å². The smallest absolute Gasteiger partial charge is 0.119 e. The molecule has 1 aliphatic rings. The van der Waals surface area contributed by atoms with Crippen LogP contribution in [0.25, 0.3) is 0 Å². The zero-order valence-corrected chi connectivity index (χ0v) is 12.2. The SMILES string of the molecule is COc1cccc(C(N)CN2CCN(C)C(C)C2)c1. The minimum absolute atomic E-state index is 0.0470. The minimum atomic E-state index is 0.0470. The summed E-state index contributed by atoms with van der Waals surface area (Å²) in [6, 6.07) is 8.71. The van der Waals surface area contributed by atoms with Gasteiger partial charge in [-0.2, -0.15) is 0 Å². The standard InChI is InChI=1S/C15H25N3O/c1-12-10-18(8-7-17(12)2)11-15(16)13-5-4-6-14(9-13)19-3/h4-6,9,12,15H,7-8,10-11,16H2,1-3H3. The van der Waals surface area contributed by atoms with E-state index < -0.39 is 0 Å². The molecule has 0 aliphatic carbocycles. The highest BCUT2D eigenvalue weighted by molar-refractivity contribution is 5.30. The number of benzene rings is 1. The first kappa shape index (κ1) is 14.3. The molecule has 2 N–H and O–H groups in total. The van der Waals surface area contributed by atoms with Crippen LogP contribution in [0.4, 0.5) is 0 Å². The van der Waals surface area contributed by atoms with Gasteiger partial charge >= 0.3 is 0 Å². The van der Waals surface area contributed by atoms with E-state index in [0.717, 1.165) is 37.5 Å². The second-order valence-electron chi connectivity index (χ2n) is 5.47. The summed E-state index contributed by atoms with van der Waals surface area (Å²) in [7, 11) is 3.87. The van der Waals surface area contributed by atoms with E-state index in [1.165, 1.54) is 0 Å². The van der Waals surface area contributed by atoms with Crippen molar-refractivity contribution in [3.8, 4) is 5.75 Å². The number of nitrogens with zero attached hydrogens (tertiary/aromatic N) is 2. The molecule has 1 saturated heterocycles. The van der Waals surface area contributed by atoms with E-state index in [1.807, 2.05) is 18.2 Å². The van der Waals surface area contributed by atoms with Gasteiger partial charge in [-0.1, -0.05) is 12.1 Å². The van der Waals surface area contributed by atoms with Crippen molar-refractivity contribution in [2.75, 3.05) is 40.3 Å². The molecule has 1 aliphatic heterocycles. The van der Waals surface area contributed by atoms with Crippen molar-refractivity contribution < 1.29 is 4.74 Å². The van der Waals surface area contributed by atoms with Gasteiger partial charge in [-0.3, -0.25) is 4.90 Å². The maximum absolute atomic E-state index is 6.32. The van der Waals surface area contributed by atoms with Crippen LogP contribution < -0.4 is 10.5 Å². The molecule has 0 amide bonds. The van der Waals surface area contributed by atoms with Gasteiger partial charge in [0.2, 0.25) is 0 Å². The Labute approximate surface area is 116 Å². The highest BCUT2D eigenvalue weighted by Gasteiger charge is 2.22. The lowest BCUT2D eigenvalue weighted by molar-refractivity contribution is 0.100. The monoisotopic (exact) mass is 263 g/mol. The van der Waals surface area contributed by atoms with E-state index in [0.29, 0.717) is 6.04 Å². The van der Waals surface area contributed by atoms with Crippen molar-refractivity contribution in [3.63, 3.8) is 0 Å². The average molecular weight is 263 g/mol. The van der Waals surface area contributed by atoms with Gasteiger partial charge in [0.25, 0.3) is 0 Å². The Morgan fingerprint density at radius 2 is 2.21 bits per heavy atom. The van der Waals surface area contributed by atoms with Crippen LogP contribution in [-0.2, 0) is 0 Å². The van der Waals surface area contributed by atoms with Gasteiger partial charge in [0.1, 0.15) is 5.75 Å². The molecular weight excluding hydrogens is 238 g/mol. The van der Waals surface area contributed by atoms with Crippen molar-refractivity contribution in [2.45, 2.75) is 19.0 Å². The zero-order chi connectivity index (χ0) is 13.8. The highest BCUT2D eigenvalue weighted by atomic mass is 16.5. The molecule has 0 aromatic heterocycles. The Morgan fingerprint density at radius 3 is 2.89 bits per heavy atom. The van der Waals surface area contributed by atoms with Crippen LogP contribution in [0.3, 0.4) is 0 Å². The maximum Gasteiger partial charge on any atom is 0.119 e. The topological polar surface area (TPSA) is 41.7 Å². The first-order chi connectivity index (χ1) is 9.10. The molecule has 4 heteroatoms. The van der Waals surface area contributed by atoms with Crippen LogP contribution in [0.2, 0.25) is 0 Å². The van der Waals surface area contributed by atoms with E-state index in [-0.39, 0.29) is 6.04 Å². The molecule has 1 heterocycles. The summed E-state index contributed by atoms with van der Waals surface area (Å²) in [5, 5.41) is 0. The van der Waals surface area contributed by atoms with Gasteiger partial charge in [-0.25, -0.2) is 0 Å². The lowest BCUT2D eigenvalue weighted by atomic mass is 10.1. The summed E-state index contributed by atoms with van der Waals surface area (Å²) in [5.74, 6) is 0.875. The number of nitrogens with two attached hydrogens (primary N) is 1. The van der Waals surface area contributed by atoms with Gasteiger partial charge in [-0.15, -0.1) is 0 Å². The molecule has 1 fully saturated rings. The lowest BCUT2D eigenvalue weighted by Gasteiger charge is -2.38. The fourth-order valence-corrected chi connectivity index (χ4v) is 2.55. The first-order valence-corrected chi connectivity index (χ1v) is 6.92. The molecular formula is C15H25N3O. The third-order valence-corrected chi connectivity index (χ3v) is 4.02. The molecule has 0 saturated carbocycles. The van der Waals surface area contributed by atoms with E-state index in [2.05, 4.69) is 29.8 Å². The van der Waals surface area contributed by atoms with Gasteiger partial charge in [0, 0.05) is 38.3 Å². The van der Waals surface area contributed by atoms with Crippen molar-refractivity contribution in [1.82, 2.24) is 9.80 Å². The highest BCUT2D eigenvalue weighted by Crippen LogP contribution is 2.19. The van der Waals surface area contributed by atoms with Gasteiger partial charge in [0.15, 0.2) is 0 Å². The predicted octanol–water partition coefficient (Wildman–Crippen LogP) is 1.33. The Balaban J connectivity index is 1.95. The van der Waals surface area contributed by atoms with Gasteiger partial charge < -0.3 is 15.4 Å². The molecule has 1 aromatic carbocycles. The molecule has 106 valence electrons. The molecule has 4 nitrogen and oxygen atoms in total. The molecule has 2 rings (SSSR count). The Morgan fingerprint density at radius 1 is 1.42 bits per heavy atom. The Bertz CT molecular complexity index is 410. The fourth-order valence-electron chi connectivity index (χ4n) is 2.55. The number of methoxy groups -OCH3 is 1. The Hall–Kier alpha value is -1.10. The van der Waals surface area contributed by atoms with Crippen LogP contribution in [0.5, 0.6) is 5.75 Å². The van der Waals surface area contributed by atoms with Crippen LogP contribution in [0, 0.1) is 0 Å². The number of likely N-dealkylation sites (N-methyl/N-ethyl adjacent to an activating group) is 1. The number of hydrogen-bond donors (Lipinski definition) is 1. The molecule has 2 unspecified atom stereocenters. The average Bonchev–Trinajstić information content (AvgIpc) is 2.43. The molecule has 2 atom stereocenters. The third-order valence-electron chi connectivity index (χ3n) is 4.02. The lowest BCUT2D eigenvalue weighted by Crippen LogP contribution is -2.51. The van der Waals surface area contributed by atoms with Crippen LogP contribution in [0.15, 0.2) is 24.3 Å². The largest absolute Gasteiger partial charge is 0.497 e. The van der Waals surface area contributed by atoms with Gasteiger partial charge in [0.05, 0.1) is 7.11 Å². The van der Waals surface area contributed by atoms with E-state index in [9.17, 15) is 0 Å². The van der Waals surface area contributed by atoms with Crippen LogP contribution >= 0.6 is 0 Å². The summed E-state index contributed by atoms with van der Waals surface area (Å²) in [5.41, 5.74) is 7.46. The number of ether oxygens (including phenoxy) is 1. The molecule has 0 radical (unpaired) electrons. The second kappa shape index (κ2) is 6.37. The minimum Gasteiger partial charge on any atom is -0.497 e. The van der Waals surface area contributed by atoms with E-state index >= 15 is 0 Å². The molecule has 0 spiro atoms. The van der Waals surface area contributed by atoms with Gasteiger partial charge in [-0.05, 0) is 31.7 Å². The molecule has 19 heavy (non-hydrogen) atoms. The number of piperazine rings is 1. The molecule has 0 bridgehead atoms. The quantitative estimate of drug-likeness (QED) is 0.890. The Kier molecular flexibility index (Phi) is 4.80. The predicted molar refractivity (Wildman–Crippen MR) is 78.5 cm³/mol. The summed E-state index contributed by atoms with van der Waals surface area (Å²) in [6.07, 6.45) is 0. The van der Waals surface area contributed by atoms with Crippen molar-refractivity contribution in [3.05, 3.63) is 29.8 Å². The summed E-state index contributed by atoms with van der Waals surface area (Å²) >= 11 is 0. The van der Waals surface area contributed by atoms with E-state index in [4.69, 9.17) is 10.5 Å². The second-order valence-corrected chi connectivity index (χ2v) is 5.47. The van der Waals surface area contributed by atoms with Crippen molar-refractivity contribution in [2.24, 2.45) is 5.73 Å².